The van der Waals surface area contributed by atoms with Gasteiger partial charge in [0.05, 0.1) is 11.2 Å². The summed E-state index contributed by atoms with van der Waals surface area (Å²) in [6.45, 7) is 3.94. The van der Waals surface area contributed by atoms with Crippen molar-refractivity contribution >= 4 is 39.4 Å². The second-order valence-corrected chi connectivity index (χ2v) is 5.46. The van der Waals surface area contributed by atoms with Gasteiger partial charge in [0.1, 0.15) is 5.66 Å². The van der Waals surface area contributed by atoms with E-state index in [1.54, 1.807) is 0 Å². The lowest BCUT2D eigenvalue weighted by molar-refractivity contribution is 0.448. The summed E-state index contributed by atoms with van der Waals surface area (Å²) < 4.78 is 0. The SMILES string of the molecule is CC1(C)N=C([SH]=CO)N(c2ccc(Cl)cc2)N1. The van der Waals surface area contributed by atoms with Gasteiger partial charge in [-0.3, -0.25) is 5.01 Å². The zero-order valence-electron chi connectivity index (χ0n) is 9.55. The standard InChI is InChI=1S/C11H14ClN3OS/c1-11(2)13-10(17-7-16)15(14-11)9-5-3-8(12)4-6-9/h3-7,14,16-17H,1-2H3. The Kier molecular flexibility index (Phi) is 3.53. The normalized spacial score (nSPS) is 19.3. The first-order valence-corrected chi connectivity index (χ1v) is 6.46. The van der Waals surface area contributed by atoms with E-state index < -0.39 is 0 Å². The van der Waals surface area contributed by atoms with Gasteiger partial charge in [-0.15, -0.1) is 11.4 Å². The molecule has 17 heavy (non-hydrogen) atoms. The fraction of sp³-hybridized carbons (Fsp3) is 0.273. The zero-order valence-corrected chi connectivity index (χ0v) is 11.2. The van der Waals surface area contributed by atoms with E-state index in [2.05, 4.69) is 10.4 Å². The lowest BCUT2D eigenvalue weighted by atomic mass is 10.3. The number of anilines is 1. The molecule has 0 spiro atoms. The van der Waals surface area contributed by atoms with E-state index >= 15 is 0 Å². The second-order valence-electron chi connectivity index (χ2n) is 4.14. The molecule has 0 atom stereocenters. The summed E-state index contributed by atoms with van der Waals surface area (Å²) >= 11 is 6.51. The predicted octanol–water partition coefficient (Wildman–Crippen LogP) is 2.54. The molecule has 0 saturated carbocycles. The van der Waals surface area contributed by atoms with Crippen molar-refractivity contribution in [2.24, 2.45) is 4.99 Å². The molecule has 0 fully saturated rings. The van der Waals surface area contributed by atoms with Gasteiger partial charge in [-0.1, -0.05) is 11.6 Å². The highest BCUT2D eigenvalue weighted by Crippen LogP contribution is 2.25. The van der Waals surface area contributed by atoms with Gasteiger partial charge in [-0.05, 0) is 38.1 Å². The molecular weight excluding hydrogens is 258 g/mol. The summed E-state index contributed by atoms with van der Waals surface area (Å²) in [6.07, 6.45) is 0. The highest BCUT2D eigenvalue weighted by molar-refractivity contribution is 8.12. The maximum atomic E-state index is 8.91. The minimum atomic E-state index is -0.370. The summed E-state index contributed by atoms with van der Waals surface area (Å²) in [5, 5.41) is 12.2. The average Bonchev–Trinajstić information content (AvgIpc) is 2.56. The maximum absolute atomic E-state index is 8.91. The van der Waals surface area contributed by atoms with Crippen molar-refractivity contribution < 1.29 is 5.11 Å². The number of halogens is 1. The molecule has 92 valence electrons. The van der Waals surface area contributed by atoms with Crippen molar-refractivity contribution in [1.82, 2.24) is 5.43 Å². The molecule has 0 radical (unpaired) electrons. The molecule has 0 aliphatic carbocycles. The Labute approximate surface area is 109 Å². The van der Waals surface area contributed by atoms with Crippen LogP contribution in [0.3, 0.4) is 0 Å². The van der Waals surface area contributed by atoms with Gasteiger partial charge in [-0.25, -0.2) is 10.4 Å². The first kappa shape index (κ1) is 12.6. The Morgan fingerprint density at radius 2 is 2.06 bits per heavy atom. The van der Waals surface area contributed by atoms with Crippen LogP contribution in [-0.2, 0) is 0 Å². The number of nitrogens with zero attached hydrogens (tertiary/aromatic N) is 2. The quantitative estimate of drug-likeness (QED) is 0.543. The fourth-order valence-corrected chi connectivity index (χ4v) is 2.37. The molecule has 1 heterocycles. The Morgan fingerprint density at radius 3 is 2.65 bits per heavy atom. The Morgan fingerprint density at radius 1 is 1.41 bits per heavy atom. The van der Waals surface area contributed by atoms with Crippen molar-refractivity contribution in [1.29, 1.82) is 0 Å². The largest absolute Gasteiger partial charge is 0.362 e. The first-order valence-electron chi connectivity index (χ1n) is 5.12. The Balaban J connectivity index is 2.33. The van der Waals surface area contributed by atoms with Crippen molar-refractivity contribution in [2.45, 2.75) is 19.5 Å². The van der Waals surface area contributed by atoms with Gasteiger partial charge in [0.15, 0.2) is 5.17 Å². The second kappa shape index (κ2) is 4.78. The van der Waals surface area contributed by atoms with Crippen molar-refractivity contribution in [3.05, 3.63) is 29.3 Å². The number of amidine groups is 1. The first-order chi connectivity index (χ1) is 8.02. The number of aliphatic imine (C=N–C) groups is 1. The van der Waals surface area contributed by atoms with Crippen LogP contribution in [0.4, 0.5) is 5.69 Å². The average molecular weight is 272 g/mol. The number of rotatable bonds is 1. The number of aliphatic hydroxyl groups is 1. The molecule has 2 rings (SSSR count). The highest BCUT2D eigenvalue weighted by atomic mass is 35.5. The number of benzene rings is 1. The number of aliphatic hydroxyl groups excluding tert-OH is 1. The van der Waals surface area contributed by atoms with Crippen LogP contribution in [0, 0.1) is 0 Å². The Hall–Kier alpha value is -0.880. The summed E-state index contributed by atoms with van der Waals surface area (Å²) in [5.74, 6) is 0. The Bertz CT molecular complexity index is 470. The van der Waals surface area contributed by atoms with Crippen LogP contribution in [0.2, 0.25) is 5.02 Å². The van der Waals surface area contributed by atoms with Crippen LogP contribution in [0.1, 0.15) is 13.8 Å². The van der Waals surface area contributed by atoms with Gasteiger partial charge < -0.3 is 5.11 Å². The van der Waals surface area contributed by atoms with E-state index in [9.17, 15) is 0 Å². The van der Waals surface area contributed by atoms with Crippen molar-refractivity contribution in [2.75, 3.05) is 5.01 Å². The van der Waals surface area contributed by atoms with E-state index in [0.717, 1.165) is 16.4 Å². The molecule has 1 aliphatic rings. The molecule has 1 aromatic rings. The highest BCUT2D eigenvalue weighted by Gasteiger charge is 2.30. The number of thiol groups is 1. The lowest BCUT2D eigenvalue weighted by Gasteiger charge is -2.23. The fourth-order valence-electron chi connectivity index (χ4n) is 1.56. The minimum Gasteiger partial charge on any atom is -0.362 e. The number of hydrazine groups is 1. The molecule has 1 aliphatic heterocycles. The number of hydrogen-bond acceptors (Lipinski definition) is 3. The zero-order chi connectivity index (χ0) is 12.5. The van der Waals surface area contributed by atoms with Crippen LogP contribution >= 0.6 is 23.0 Å². The molecule has 4 nitrogen and oxygen atoms in total. The van der Waals surface area contributed by atoms with Gasteiger partial charge >= 0.3 is 0 Å². The summed E-state index contributed by atoms with van der Waals surface area (Å²) in [6, 6.07) is 7.44. The maximum Gasteiger partial charge on any atom is 0.173 e. The monoisotopic (exact) mass is 271 g/mol. The van der Waals surface area contributed by atoms with Gasteiger partial charge in [0.25, 0.3) is 0 Å². The molecule has 0 bridgehead atoms. The summed E-state index contributed by atoms with van der Waals surface area (Å²) in [4.78, 5) is 4.49. The third-order valence-corrected chi connectivity index (χ3v) is 3.12. The minimum absolute atomic E-state index is 0.370. The topological polar surface area (TPSA) is 47.9 Å². The molecule has 6 heteroatoms. The van der Waals surface area contributed by atoms with Crippen LogP contribution in [-0.4, -0.2) is 21.5 Å². The lowest BCUT2D eigenvalue weighted by Crippen LogP contribution is -2.44. The van der Waals surface area contributed by atoms with E-state index in [0.29, 0.717) is 16.4 Å². The smallest absolute Gasteiger partial charge is 0.173 e. The van der Waals surface area contributed by atoms with E-state index in [4.69, 9.17) is 16.7 Å². The molecule has 2 N–H and O–H groups in total. The molecule has 0 amide bonds. The van der Waals surface area contributed by atoms with Crippen molar-refractivity contribution in [3.63, 3.8) is 0 Å². The molecule has 0 saturated heterocycles. The number of nitrogens with one attached hydrogen (secondary N) is 1. The molecule has 1 aromatic carbocycles. The van der Waals surface area contributed by atoms with Crippen molar-refractivity contribution in [3.8, 4) is 0 Å². The summed E-state index contributed by atoms with van der Waals surface area (Å²) in [5.41, 5.74) is 4.89. The van der Waals surface area contributed by atoms with Gasteiger partial charge in [-0.2, -0.15) is 0 Å². The van der Waals surface area contributed by atoms with Crippen LogP contribution in [0.15, 0.2) is 29.3 Å². The van der Waals surface area contributed by atoms with E-state index in [1.165, 1.54) is 0 Å². The van der Waals surface area contributed by atoms with Crippen LogP contribution in [0.25, 0.3) is 0 Å². The summed E-state index contributed by atoms with van der Waals surface area (Å²) in [7, 11) is 0. The molecule has 0 unspecified atom stereocenters. The van der Waals surface area contributed by atoms with E-state index in [1.807, 2.05) is 43.1 Å². The van der Waals surface area contributed by atoms with Crippen LogP contribution < -0.4 is 10.4 Å². The molecular formula is C11H14ClN3OS. The third kappa shape index (κ3) is 2.87. The van der Waals surface area contributed by atoms with Crippen LogP contribution in [0.5, 0.6) is 0 Å². The van der Waals surface area contributed by atoms with E-state index in [-0.39, 0.29) is 5.66 Å². The van der Waals surface area contributed by atoms with Gasteiger partial charge in [0.2, 0.25) is 0 Å². The van der Waals surface area contributed by atoms with Gasteiger partial charge in [0, 0.05) is 5.02 Å². The third-order valence-electron chi connectivity index (χ3n) is 2.22. The number of hydrogen-bond donors (Lipinski definition) is 3. The molecule has 0 aromatic heterocycles. The predicted molar refractivity (Wildman–Crippen MR) is 76.3 cm³/mol.